The summed E-state index contributed by atoms with van der Waals surface area (Å²) in [5.41, 5.74) is -3.40. The summed E-state index contributed by atoms with van der Waals surface area (Å²) in [5.74, 6) is -10.1. The highest BCUT2D eigenvalue weighted by Crippen LogP contribution is 2.68. The molecule has 24 heteroatoms. The Labute approximate surface area is 350 Å². The molecule has 1 amide bonds. The molecule has 1 saturated carbocycles. The molecule has 2 aliphatic rings. The number of amides is 1. The molecule has 0 spiro atoms. The molecule has 1 fully saturated rings. The van der Waals surface area contributed by atoms with Crippen LogP contribution in [0.1, 0.15) is 65.6 Å². The van der Waals surface area contributed by atoms with Gasteiger partial charge in [-0.1, -0.05) is 18.5 Å². The summed E-state index contributed by atoms with van der Waals surface area (Å²) in [6.07, 6.45) is -2.81. The Morgan fingerprint density at radius 1 is 1.00 bits per heavy atom. The lowest BCUT2D eigenvalue weighted by Gasteiger charge is -2.24. The smallest absolute Gasteiger partial charge is 0.293 e. The van der Waals surface area contributed by atoms with Crippen molar-refractivity contribution in [2.24, 2.45) is 5.92 Å². The average Bonchev–Trinajstić information content (AvgIpc) is 3.71. The first kappa shape index (κ1) is 42.7. The minimum Gasteiger partial charge on any atom is -0.344 e. The molecule has 0 radical (unpaired) electrons. The van der Waals surface area contributed by atoms with Crippen LogP contribution in [-0.4, -0.2) is 66.1 Å². The van der Waals surface area contributed by atoms with E-state index in [0.29, 0.717) is 27.4 Å². The van der Waals surface area contributed by atoms with Crippen LogP contribution in [-0.2, 0) is 46.7 Å². The van der Waals surface area contributed by atoms with Gasteiger partial charge in [0.05, 0.1) is 33.9 Å². The van der Waals surface area contributed by atoms with Gasteiger partial charge >= 0.3 is 0 Å². The van der Waals surface area contributed by atoms with E-state index < -0.39 is 112 Å². The van der Waals surface area contributed by atoms with E-state index in [1.54, 1.807) is 0 Å². The molecule has 4 aromatic heterocycles. The number of nitrogens with one attached hydrogen (secondary N) is 2. The fourth-order valence-electron chi connectivity index (χ4n) is 7.84. The fraction of sp³-hybridized carbons (Fsp3) is 0.342. The zero-order valence-corrected chi connectivity index (χ0v) is 33.6. The Morgan fingerprint density at radius 3 is 2.32 bits per heavy atom. The third kappa shape index (κ3) is 7.98. The largest absolute Gasteiger partial charge is 0.344 e. The van der Waals surface area contributed by atoms with Crippen LogP contribution in [0.25, 0.3) is 28.1 Å². The standard InChI is InChI=1S/C38H31ClF8N10O4S/c1-3-16-12-48-35(49-13-16)23-11-28(59)57(25-5-4-22(39)30-32(25)55(14-26(42)43)53-36(30)54-62(2,60)61)37(51-23)24(8-17-6-18(40)9-19(41)7-17)50-27(58)15-56-33-29(31(52-56)34(44)45)20-10-21(20)38(33,46)47/h4-7,9,11-13,20-21,24,26,34H,3,8,10,14-15H2,1-2H3,(H,50,58)(H,53,54)/t20-,21+,24-/m0/s1. The lowest BCUT2D eigenvalue weighted by Crippen LogP contribution is -2.38. The zero-order chi connectivity index (χ0) is 44.6. The molecule has 6 aromatic rings. The molecule has 62 heavy (non-hydrogen) atoms. The van der Waals surface area contributed by atoms with Crippen LogP contribution in [0.4, 0.5) is 40.9 Å². The summed E-state index contributed by atoms with van der Waals surface area (Å²) in [6.45, 7) is -0.403. The molecule has 2 aromatic carbocycles. The van der Waals surface area contributed by atoms with Gasteiger partial charge in [0.2, 0.25) is 15.9 Å². The Kier molecular flexibility index (Phi) is 10.8. The van der Waals surface area contributed by atoms with Crippen molar-refractivity contribution in [3.63, 3.8) is 0 Å². The molecule has 3 atom stereocenters. The Balaban J connectivity index is 1.34. The first-order chi connectivity index (χ1) is 29.2. The molecular formula is C38H31ClF8N10O4S. The third-order valence-electron chi connectivity index (χ3n) is 10.4. The van der Waals surface area contributed by atoms with Crippen molar-refractivity contribution in [1.82, 2.24) is 44.4 Å². The first-order valence-corrected chi connectivity index (χ1v) is 20.9. The maximum absolute atomic E-state index is 15.5. The molecule has 0 aliphatic heterocycles. The number of hydrogen-bond donors (Lipinski definition) is 2. The monoisotopic (exact) mass is 910 g/mol. The molecule has 0 saturated heterocycles. The van der Waals surface area contributed by atoms with Gasteiger partial charge in [0.25, 0.3) is 24.3 Å². The summed E-state index contributed by atoms with van der Waals surface area (Å²) in [7, 11) is -4.12. The second-order valence-electron chi connectivity index (χ2n) is 14.8. The maximum Gasteiger partial charge on any atom is 0.293 e. The molecule has 14 nitrogen and oxygen atoms in total. The molecule has 326 valence electrons. The number of carbonyl (C=O) groups is 1. The highest BCUT2D eigenvalue weighted by molar-refractivity contribution is 7.92. The van der Waals surface area contributed by atoms with E-state index in [9.17, 15) is 44.3 Å². The van der Waals surface area contributed by atoms with Crippen molar-refractivity contribution in [1.29, 1.82) is 0 Å². The van der Waals surface area contributed by atoms with E-state index >= 15 is 8.78 Å². The minimum absolute atomic E-state index is 0.0473. The number of sulfonamides is 1. The fourth-order valence-corrected chi connectivity index (χ4v) is 8.57. The number of carbonyl (C=O) groups excluding carboxylic acids is 1. The van der Waals surface area contributed by atoms with Crippen LogP contribution in [0.15, 0.2) is 53.6 Å². The van der Waals surface area contributed by atoms with Crippen molar-refractivity contribution in [2.75, 3.05) is 11.0 Å². The van der Waals surface area contributed by atoms with Gasteiger partial charge in [-0.2, -0.15) is 19.0 Å². The van der Waals surface area contributed by atoms with Crippen LogP contribution in [0.3, 0.4) is 0 Å². The van der Waals surface area contributed by atoms with Crippen molar-refractivity contribution >= 4 is 44.3 Å². The predicted molar refractivity (Wildman–Crippen MR) is 206 cm³/mol. The number of halogens is 9. The summed E-state index contributed by atoms with van der Waals surface area (Å²) >= 11 is 6.52. The highest BCUT2D eigenvalue weighted by Gasteiger charge is 2.67. The molecule has 8 rings (SSSR count). The Bertz CT molecular complexity index is 2920. The van der Waals surface area contributed by atoms with E-state index in [4.69, 9.17) is 11.6 Å². The Hall–Kier alpha value is -5.97. The van der Waals surface area contributed by atoms with Crippen LogP contribution >= 0.6 is 11.6 Å². The summed E-state index contributed by atoms with van der Waals surface area (Å²) in [6, 6.07) is 3.99. The highest BCUT2D eigenvalue weighted by atomic mass is 35.5. The second-order valence-corrected chi connectivity index (χ2v) is 17.0. The van der Waals surface area contributed by atoms with Crippen molar-refractivity contribution in [3.8, 4) is 17.2 Å². The number of fused-ring (bicyclic) bond motifs is 4. The second kappa shape index (κ2) is 15.7. The SMILES string of the molecule is CCc1cnc(-c2cc(=O)n(-c3ccc(Cl)c4c(NS(C)(=O)=O)nn(CC(F)F)c34)c([C@H](Cc3cc(F)cc(F)c3)NC(=O)Cn3nc(C(F)F)c4c3C(F)(F)[C@@H]3C[C@H]43)n2)nc1. The lowest BCUT2D eigenvalue weighted by atomic mass is 10.0. The van der Waals surface area contributed by atoms with E-state index in [2.05, 4.69) is 35.2 Å². The van der Waals surface area contributed by atoms with Gasteiger partial charge in [-0.15, -0.1) is 0 Å². The number of hydrogen-bond acceptors (Lipinski definition) is 9. The normalized spacial score (nSPS) is 17.1. The number of aryl methyl sites for hydroxylation is 1. The van der Waals surface area contributed by atoms with Crippen molar-refractivity contribution in [2.45, 2.75) is 70.0 Å². The number of nitrogens with zero attached hydrogens (tertiary/aromatic N) is 8. The number of aromatic nitrogens is 8. The van der Waals surface area contributed by atoms with Crippen LogP contribution in [0.2, 0.25) is 5.02 Å². The van der Waals surface area contributed by atoms with Crippen molar-refractivity contribution < 1.29 is 48.3 Å². The van der Waals surface area contributed by atoms with Gasteiger partial charge in [-0.05, 0) is 54.2 Å². The van der Waals surface area contributed by atoms with Gasteiger partial charge in [-0.3, -0.25) is 28.2 Å². The van der Waals surface area contributed by atoms with E-state index in [0.717, 1.165) is 29.0 Å². The number of alkyl halides is 6. The number of rotatable bonds is 14. The van der Waals surface area contributed by atoms with Gasteiger partial charge < -0.3 is 5.32 Å². The quantitative estimate of drug-likeness (QED) is 0.114. The topological polar surface area (TPSA) is 172 Å². The zero-order valence-electron chi connectivity index (χ0n) is 32.1. The molecule has 0 unspecified atom stereocenters. The summed E-state index contributed by atoms with van der Waals surface area (Å²) in [4.78, 5) is 41.8. The number of anilines is 1. The predicted octanol–water partition coefficient (Wildman–Crippen LogP) is 6.61. The van der Waals surface area contributed by atoms with E-state index in [1.165, 1.54) is 24.5 Å². The lowest BCUT2D eigenvalue weighted by molar-refractivity contribution is -0.123. The van der Waals surface area contributed by atoms with Crippen LogP contribution in [0, 0.1) is 17.6 Å². The summed E-state index contributed by atoms with van der Waals surface area (Å²) in [5, 5.41) is 9.78. The van der Waals surface area contributed by atoms with E-state index in [-0.39, 0.29) is 50.7 Å². The first-order valence-electron chi connectivity index (χ1n) is 18.7. The molecule has 2 N–H and O–H groups in total. The molecule has 0 bridgehead atoms. The summed E-state index contributed by atoms with van der Waals surface area (Å²) < 4.78 is 146. The van der Waals surface area contributed by atoms with Crippen molar-refractivity contribution in [3.05, 3.63) is 110 Å². The maximum atomic E-state index is 15.5. The van der Waals surface area contributed by atoms with Gasteiger partial charge in [0, 0.05) is 42.4 Å². The van der Waals surface area contributed by atoms with Gasteiger partial charge in [0.1, 0.15) is 47.6 Å². The number of benzene rings is 2. The molecule has 2 aliphatic carbocycles. The third-order valence-corrected chi connectivity index (χ3v) is 11.3. The minimum atomic E-state index is -4.12. The van der Waals surface area contributed by atoms with Gasteiger partial charge in [-0.25, -0.2) is 49.7 Å². The molecular weight excluding hydrogens is 880 g/mol. The van der Waals surface area contributed by atoms with Crippen LogP contribution in [0.5, 0.6) is 0 Å². The average molecular weight is 911 g/mol. The van der Waals surface area contributed by atoms with Gasteiger partial charge in [0.15, 0.2) is 11.6 Å². The van der Waals surface area contributed by atoms with E-state index in [1.807, 2.05) is 6.92 Å². The van der Waals surface area contributed by atoms with Crippen LogP contribution < -0.4 is 15.6 Å². The Morgan fingerprint density at radius 2 is 1.69 bits per heavy atom. The molecule has 4 heterocycles.